The van der Waals surface area contributed by atoms with Crippen LogP contribution in [0, 0.1) is 50.7 Å². The number of hydrogen-bond acceptors (Lipinski definition) is 5. The highest BCUT2D eigenvalue weighted by atomic mass is 16.3. The van der Waals surface area contributed by atoms with Crippen molar-refractivity contribution in [2.24, 2.45) is 55.7 Å². The van der Waals surface area contributed by atoms with Crippen molar-refractivity contribution in [1.82, 2.24) is 10.2 Å². The van der Waals surface area contributed by atoms with Crippen molar-refractivity contribution in [2.45, 2.75) is 111 Å². The van der Waals surface area contributed by atoms with Crippen LogP contribution in [0.1, 0.15) is 92.9 Å². The Morgan fingerprint density at radius 3 is 2.47 bits per heavy atom. The van der Waals surface area contributed by atoms with Gasteiger partial charge in [0.25, 0.3) is 0 Å². The summed E-state index contributed by atoms with van der Waals surface area (Å²) in [5, 5.41) is 15.4. The summed E-state index contributed by atoms with van der Waals surface area (Å²) in [6.45, 7) is 15.0. The third-order valence-corrected chi connectivity index (χ3v) is 14.0. The van der Waals surface area contributed by atoms with Gasteiger partial charge >= 0.3 is 0 Å². The van der Waals surface area contributed by atoms with E-state index >= 15 is 0 Å². The second kappa shape index (κ2) is 7.58. The average molecular weight is 498 g/mol. The fourth-order valence-corrected chi connectivity index (χ4v) is 11.6. The van der Waals surface area contributed by atoms with Crippen LogP contribution in [-0.4, -0.2) is 60.5 Å². The van der Waals surface area contributed by atoms with Gasteiger partial charge in [-0.15, -0.1) is 0 Å². The molecule has 2 N–H and O–H groups in total. The summed E-state index contributed by atoms with van der Waals surface area (Å²) in [7, 11) is 4.24. The maximum absolute atomic E-state index is 14.5. The molecule has 5 saturated carbocycles. The summed E-state index contributed by atoms with van der Waals surface area (Å²) in [6, 6.07) is 0.750. The molecule has 5 nitrogen and oxygen atoms in total. The van der Waals surface area contributed by atoms with E-state index in [1.165, 1.54) is 25.1 Å². The third-order valence-electron chi connectivity index (χ3n) is 14.0. The molecule has 0 aromatic rings. The number of aliphatic hydroxyl groups excluding tert-OH is 1. The Kier molecular flexibility index (Phi) is 5.34. The van der Waals surface area contributed by atoms with Crippen molar-refractivity contribution in [2.75, 3.05) is 20.6 Å². The molecule has 0 amide bonds. The van der Waals surface area contributed by atoms with E-state index in [2.05, 4.69) is 65.9 Å². The van der Waals surface area contributed by atoms with E-state index in [-0.39, 0.29) is 45.1 Å². The maximum Gasteiger partial charge on any atom is 0.140 e. The molecule has 1 heterocycles. The molecule has 5 fully saturated rings. The van der Waals surface area contributed by atoms with Gasteiger partial charge in [-0.2, -0.15) is 0 Å². The number of hydrogen-bond donors (Lipinski definition) is 2. The minimum Gasteiger partial charge on any atom is -0.393 e. The Morgan fingerprint density at radius 1 is 1.11 bits per heavy atom. The van der Waals surface area contributed by atoms with Crippen molar-refractivity contribution in [3.63, 3.8) is 0 Å². The lowest BCUT2D eigenvalue weighted by atomic mass is 9.41. The largest absolute Gasteiger partial charge is 0.393 e. The minimum absolute atomic E-state index is 0.0220. The first kappa shape index (κ1) is 25.3. The fraction of sp³-hybridized carbons (Fsp3) is 0.935. The molecular weight excluding hydrogens is 446 g/mol. The van der Waals surface area contributed by atoms with Crippen LogP contribution in [0.3, 0.4) is 0 Å². The highest BCUT2D eigenvalue weighted by Gasteiger charge is 2.86. The van der Waals surface area contributed by atoms with E-state index in [1.807, 2.05) is 0 Å². The van der Waals surface area contributed by atoms with Gasteiger partial charge in [-0.25, -0.2) is 0 Å². The van der Waals surface area contributed by atoms with E-state index in [4.69, 9.17) is 4.99 Å². The molecule has 0 bridgehead atoms. The molecule has 12 atom stereocenters. The number of ketones is 1. The third kappa shape index (κ3) is 2.71. The number of nitrogens with zero attached hydrogens (tertiary/aromatic N) is 2. The lowest BCUT2D eigenvalue weighted by Crippen LogP contribution is -2.65. The van der Waals surface area contributed by atoms with Gasteiger partial charge in [-0.3, -0.25) is 9.79 Å². The topological polar surface area (TPSA) is 64.9 Å². The standard InChI is InChI=1S/C31H51N3O2/c1-9-18(2)26-32-17-27(4)21-10-11-22-28(5)14-20(35)25(19(3)34(7)8)29(28,6)15-24(36)31(22)16-30(21,31)13-12-23(27)33-26/h18-23,25,35H,9-17H2,1-8H3,(H,32,33)/t18?,19-,20+,21-,22-,23?,25-,27-,28-,29+,30?,31-/m0/s1. The van der Waals surface area contributed by atoms with Crippen LogP contribution in [0.2, 0.25) is 0 Å². The number of amidine groups is 1. The molecule has 202 valence electrons. The molecule has 0 saturated heterocycles. The summed E-state index contributed by atoms with van der Waals surface area (Å²) >= 11 is 0. The van der Waals surface area contributed by atoms with E-state index in [9.17, 15) is 9.90 Å². The zero-order valence-electron chi connectivity index (χ0n) is 24.2. The number of Topliss-reactive ketones (excluding diaryl/α,β-unsaturated/α-hetero) is 1. The first-order valence-electron chi connectivity index (χ1n) is 15.0. The van der Waals surface area contributed by atoms with Gasteiger partial charge in [0, 0.05) is 47.7 Å². The van der Waals surface area contributed by atoms with Crippen LogP contribution >= 0.6 is 0 Å². The van der Waals surface area contributed by atoms with Crippen LogP contribution < -0.4 is 5.32 Å². The molecule has 3 unspecified atom stereocenters. The smallest absolute Gasteiger partial charge is 0.140 e. The Morgan fingerprint density at radius 2 is 1.81 bits per heavy atom. The number of nitrogens with one attached hydrogen (secondary N) is 1. The lowest BCUT2D eigenvalue weighted by molar-refractivity contribution is -0.170. The average Bonchev–Trinajstić information content (AvgIpc) is 3.46. The maximum atomic E-state index is 14.5. The number of aliphatic hydroxyl groups is 1. The second-order valence-electron chi connectivity index (χ2n) is 15.2. The first-order chi connectivity index (χ1) is 16.8. The normalized spacial score (nSPS) is 54.8. The summed E-state index contributed by atoms with van der Waals surface area (Å²) < 4.78 is 0. The highest BCUT2D eigenvalue weighted by molar-refractivity contribution is 5.92. The van der Waals surface area contributed by atoms with E-state index < -0.39 is 0 Å². The van der Waals surface area contributed by atoms with Gasteiger partial charge in [0.1, 0.15) is 5.78 Å². The zero-order chi connectivity index (χ0) is 26.1. The van der Waals surface area contributed by atoms with E-state index in [1.54, 1.807) is 0 Å². The zero-order valence-corrected chi connectivity index (χ0v) is 24.2. The molecule has 5 aliphatic carbocycles. The Balaban J connectivity index is 1.36. The minimum atomic E-state index is -0.322. The summed E-state index contributed by atoms with van der Waals surface area (Å²) in [5.41, 5.74) is 0.0539. The molecule has 0 aromatic carbocycles. The van der Waals surface area contributed by atoms with Crippen molar-refractivity contribution >= 4 is 11.6 Å². The van der Waals surface area contributed by atoms with Gasteiger partial charge in [0.2, 0.25) is 0 Å². The number of aliphatic imine (C=N–C) groups is 1. The first-order valence-corrected chi connectivity index (χ1v) is 15.0. The molecule has 6 aliphatic rings. The van der Waals surface area contributed by atoms with Crippen molar-refractivity contribution < 1.29 is 9.90 Å². The van der Waals surface area contributed by atoms with Crippen molar-refractivity contribution in [1.29, 1.82) is 0 Å². The van der Waals surface area contributed by atoms with Gasteiger partial charge < -0.3 is 15.3 Å². The number of fused-ring (bicyclic) bond motifs is 4. The predicted molar refractivity (Wildman–Crippen MR) is 145 cm³/mol. The van der Waals surface area contributed by atoms with E-state index in [0.717, 1.165) is 32.2 Å². The van der Waals surface area contributed by atoms with Crippen LogP contribution in [0.5, 0.6) is 0 Å². The van der Waals surface area contributed by atoms with Crippen LogP contribution in [0.25, 0.3) is 0 Å². The lowest BCUT2D eigenvalue weighted by Gasteiger charge is -2.63. The van der Waals surface area contributed by atoms with E-state index in [0.29, 0.717) is 36.0 Å². The number of carbonyl (C=O) groups is 1. The number of rotatable bonds is 4. The summed E-state index contributed by atoms with van der Waals surface area (Å²) in [4.78, 5) is 21.9. The highest BCUT2D eigenvalue weighted by Crippen LogP contribution is 2.88. The number of carbonyl (C=O) groups excluding carboxylic acids is 1. The molecular formula is C31H51N3O2. The Hall–Kier alpha value is -0.940. The summed E-state index contributed by atoms with van der Waals surface area (Å²) in [5.74, 6) is 3.41. The molecule has 0 radical (unpaired) electrons. The monoisotopic (exact) mass is 497 g/mol. The molecule has 1 aliphatic heterocycles. The van der Waals surface area contributed by atoms with Crippen LogP contribution in [0.15, 0.2) is 4.99 Å². The second-order valence-corrected chi connectivity index (χ2v) is 15.2. The molecule has 2 spiro atoms. The van der Waals surface area contributed by atoms with Crippen LogP contribution in [0.4, 0.5) is 0 Å². The van der Waals surface area contributed by atoms with Crippen molar-refractivity contribution in [3.8, 4) is 0 Å². The van der Waals surface area contributed by atoms with Gasteiger partial charge in [0.15, 0.2) is 0 Å². The van der Waals surface area contributed by atoms with Gasteiger partial charge in [-0.05, 0) is 94.0 Å². The molecule has 5 heteroatoms. The van der Waals surface area contributed by atoms with Gasteiger partial charge in [-0.1, -0.05) is 34.6 Å². The fourth-order valence-electron chi connectivity index (χ4n) is 11.6. The van der Waals surface area contributed by atoms with Crippen LogP contribution in [-0.2, 0) is 4.79 Å². The SMILES string of the molecule is CCC(C)C1=NC[C@]2(C)C(CCC34C[C@]35C(=O)C[C@]3(C)[C@@H]([C@H](C)N(C)C)[C@H](O)C[C@@]3(C)[C@@H]5CC[C@H]42)N1. The Labute approximate surface area is 219 Å². The van der Waals surface area contributed by atoms with Gasteiger partial charge in [0.05, 0.1) is 11.9 Å². The Bertz CT molecular complexity index is 994. The predicted octanol–water partition coefficient (Wildman–Crippen LogP) is 4.92. The molecule has 36 heavy (non-hydrogen) atoms. The molecule has 6 rings (SSSR count). The van der Waals surface area contributed by atoms with Crippen molar-refractivity contribution in [3.05, 3.63) is 0 Å². The quantitative estimate of drug-likeness (QED) is 0.579. The molecule has 0 aromatic heterocycles. The summed E-state index contributed by atoms with van der Waals surface area (Å²) in [6.07, 6.45) is 8.14.